The highest BCUT2D eigenvalue weighted by atomic mass is 35.5. The highest BCUT2D eigenvalue weighted by Crippen LogP contribution is 2.46. The van der Waals surface area contributed by atoms with Crippen molar-refractivity contribution in [2.75, 3.05) is 13.1 Å². The summed E-state index contributed by atoms with van der Waals surface area (Å²) in [6.45, 7) is 5.58. The van der Waals surface area contributed by atoms with E-state index in [-0.39, 0.29) is 11.4 Å². The molecule has 1 saturated heterocycles. The van der Waals surface area contributed by atoms with E-state index in [0.717, 1.165) is 29.3 Å². The molecule has 0 bridgehead atoms. The Morgan fingerprint density at radius 3 is 2.85 bits per heavy atom. The number of aliphatic hydroxyl groups excluding tert-OH is 1. The van der Waals surface area contributed by atoms with Crippen LogP contribution in [0.1, 0.15) is 38.4 Å². The Kier molecular flexibility index (Phi) is 5.08. The molecule has 1 atom stereocenters. The molecule has 1 aromatic heterocycles. The third kappa shape index (κ3) is 3.35. The van der Waals surface area contributed by atoms with Crippen LogP contribution in [-0.2, 0) is 0 Å². The minimum absolute atomic E-state index is 0.262. The number of aromatic nitrogens is 2. The summed E-state index contributed by atoms with van der Waals surface area (Å²) in [6.07, 6.45) is 4.46. The number of aliphatic hydroxyl groups is 1. The summed E-state index contributed by atoms with van der Waals surface area (Å²) < 4.78 is 0. The van der Waals surface area contributed by atoms with Crippen molar-refractivity contribution < 1.29 is 5.11 Å². The van der Waals surface area contributed by atoms with Crippen LogP contribution in [0.25, 0.3) is 10.9 Å². The number of H-pyrrole nitrogens is 1. The Bertz CT molecular complexity index is 860. The molecule has 3 rings (SSSR count). The van der Waals surface area contributed by atoms with Gasteiger partial charge in [-0.3, -0.25) is 5.10 Å². The highest BCUT2D eigenvalue weighted by Gasteiger charge is 2.40. The zero-order valence-corrected chi connectivity index (χ0v) is 15.7. The Hall–Kier alpha value is -2.30. The number of hydrogen-bond donors (Lipinski definition) is 3. The van der Waals surface area contributed by atoms with Gasteiger partial charge in [-0.2, -0.15) is 10.4 Å². The standard InChI is InChI=1S/C18H23ClN6O/c1-18(2,12-3-5-25(6-4-12)17(21)22-10-20)16(26)14-8-13(19)7-11-9-23-24-15(11)14/h7-9,12,16,26H,3-6H2,1-2H3,(H2,21,22)(H,23,24). The summed E-state index contributed by atoms with van der Waals surface area (Å²) in [4.78, 5) is 5.52. The highest BCUT2D eigenvalue weighted by molar-refractivity contribution is 6.31. The predicted molar refractivity (Wildman–Crippen MR) is 101 cm³/mol. The lowest BCUT2D eigenvalue weighted by molar-refractivity contribution is -0.0124. The van der Waals surface area contributed by atoms with Gasteiger partial charge in [0.15, 0.2) is 0 Å². The quantitative estimate of drug-likeness (QED) is 0.434. The number of nitrogens with one attached hydrogen (secondary N) is 1. The number of likely N-dealkylation sites (tertiary alicyclic amines) is 1. The Morgan fingerprint density at radius 1 is 1.50 bits per heavy atom. The Labute approximate surface area is 157 Å². The average Bonchev–Trinajstić information content (AvgIpc) is 3.09. The topological polar surface area (TPSA) is 114 Å². The van der Waals surface area contributed by atoms with Gasteiger partial charge in [0.05, 0.1) is 17.8 Å². The molecule has 0 saturated carbocycles. The number of piperidine rings is 1. The second-order valence-electron chi connectivity index (χ2n) is 7.38. The summed E-state index contributed by atoms with van der Waals surface area (Å²) in [6, 6.07) is 3.64. The minimum atomic E-state index is -0.689. The van der Waals surface area contributed by atoms with Crippen LogP contribution in [0, 0.1) is 22.8 Å². The lowest BCUT2D eigenvalue weighted by atomic mass is 9.68. The van der Waals surface area contributed by atoms with Crippen LogP contribution in [0.4, 0.5) is 0 Å². The molecule has 0 amide bonds. The van der Waals surface area contributed by atoms with Crippen molar-refractivity contribution >= 4 is 28.5 Å². The van der Waals surface area contributed by atoms with E-state index in [1.807, 2.05) is 11.0 Å². The van der Waals surface area contributed by atoms with Crippen LogP contribution in [0.2, 0.25) is 5.02 Å². The SMILES string of the molecule is CC(C)(C1CCN(/C(N)=N/C#N)CC1)C(O)c1cc(Cl)cc2cn[nH]c12. The van der Waals surface area contributed by atoms with Crippen LogP contribution in [0.15, 0.2) is 23.3 Å². The second-order valence-corrected chi connectivity index (χ2v) is 7.82. The largest absolute Gasteiger partial charge is 0.388 e. The number of benzene rings is 1. The molecule has 1 aliphatic heterocycles. The van der Waals surface area contributed by atoms with Crippen molar-refractivity contribution in [2.24, 2.45) is 22.1 Å². The van der Waals surface area contributed by atoms with Crippen molar-refractivity contribution in [3.8, 4) is 6.19 Å². The molecular weight excluding hydrogens is 352 g/mol. The minimum Gasteiger partial charge on any atom is -0.388 e. The molecule has 1 fully saturated rings. The van der Waals surface area contributed by atoms with E-state index in [1.54, 1.807) is 18.5 Å². The smallest absolute Gasteiger partial charge is 0.209 e. The van der Waals surface area contributed by atoms with Gasteiger partial charge >= 0.3 is 0 Å². The van der Waals surface area contributed by atoms with Gasteiger partial charge in [0, 0.05) is 29.1 Å². The van der Waals surface area contributed by atoms with Gasteiger partial charge in [-0.15, -0.1) is 4.99 Å². The van der Waals surface area contributed by atoms with Crippen molar-refractivity contribution in [3.63, 3.8) is 0 Å². The first-order valence-electron chi connectivity index (χ1n) is 8.62. The lowest BCUT2D eigenvalue weighted by Gasteiger charge is -2.43. The number of aliphatic imine (C=N–C) groups is 1. The first-order chi connectivity index (χ1) is 12.3. The van der Waals surface area contributed by atoms with Crippen molar-refractivity contribution in [1.29, 1.82) is 5.26 Å². The summed E-state index contributed by atoms with van der Waals surface area (Å²) in [5.41, 5.74) is 7.03. The Morgan fingerprint density at radius 2 is 2.19 bits per heavy atom. The number of halogens is 1. The van der Waals surface area contributed by atoms with Gasteiger partial charge < -0.3 is 15.7 Å². The van der Waals surface area contributed by atoms with Gasteiger partial charge in [0.25, 0.3) is 0 Å². The zero-order chi connectivity index (χ0) is 18.9. The molecule has 1 unspecified atom stereocenters. The number of guanidine groups is 1. The van der Waals surface area contributed by atoms with E-state index in [9.17, 15) is 5.11 Å². The first kappa shape index (κ1) is 18.5. The van der Waals surface area contributed by atoms with Crippen LogP contribution >= 0.6 is 11.6 Å². The van der Waals surface area contributed by atoms with Gasteiger partial charge in [-0.1, -0.05) is 25.4 Å². The molecule has 4 N–H and O–H groups in total. The number of rotatable bonds is 3. The molecule has 2 aromatic rings. The fourth-order valence-corrected chi connectivity index (χ4v) is 4.10. The van der Waals surface area contributed by atoms with Crippen LogP contribution in [0.5, 0.6) is 0 Å². The molecule has 8 heteroatoms. The molecular formula is C18H23ClN6O. The average molecular weight is 375 g/mol. The van der Waals surface area contributed by atoms with Gasteiger partial charge in [0.1, 0.15) is 0 Å². The third-order valence-electron chi connectivity index (χ3n) is 5.58. The molecule has 7 nitrogen and oxygen atoms in total. The van der Waals surface area contributed by atoms with Crippen molar-refractivity contribution in [2.45, 2.75) is 32.8 Å². The number of nitriles is 1. The fraction of sp³-hybridized carbons (Fsp3) is 0.500. The number of aromatic amines is 1. The second kappa shape index (κ2) is 7.14. The van der Waals surface area contributed by atoms with E-state index < -0.39 is 6.10 Å². The summed E-state index contributed by atoms with van der Waals surface area (Å²) in [5, 5.41) is 28.3. The predicted octanol–water partition coefficient (Wildman–Crippen LogP) is 2.78. The number of fused-ring (bicyclic) bond motifs is 1. The molecule has 0 radical (unpaired) electrons. The molecule has 1 aromatic carbocycles. The molecule has 1 aliphatic rings. The first-order valence-corrected chi connectivity index (χ1v) is 9.00. The van der Waals surface area contributed by atoms with Crippen LogP contribution in [0.3, 0.4) is 0 Å². The van der Waals surface area contributed by atoms with Gasteiger partial charge in [-0.05, 0) is 36.3 Å². The lowest BCUT2D eigenvalue weighted by Crippen LogP contribution is -2.46. The maximum Gasteiger partial charge on any atom is 0.209 e. The zero-order valence-electron chi connectivity index (χ0n) is 14.9. The van der Waals surface area contributed by atoms with E-state index in [2.05, 4.69) is 29.0 Å². The van der Waals surface area contributed by atoms with Crippen molar-refractivity contribution in [3.05, 3.63) is 28.9 Å². The summed E-state index contributed by atoms with van der Waals surface area (Å²) in [5.74, 6) is 0.555. The molecule has 138 valence electrons. The normalized spacial score (nSPS) is 18.1. The maximum absolute atomic E-state index is 11.2. The molecule has 0 spiro atoms. The molecule has 26 heavy (non-hydrogen) atoms. The number of hydrogen-bond acceptors (Lipinski definition) is 4. The van der Waals surface area contributed by atoms with Crippen LogP contribution < -0.4 is 5.73 Å². The van der Waals surface area contributed by atoms with E-state index in [1.165, 1.54) is 0 Å². The monoisotopic (exact) mass is 374 g/mol. The molecule has 2 heterocycles. The van der Waals surface area contributed by atoms with E-state index in [4.69, 9.17) is 22.6 Å². The summed E-state index contributed by atoms with van der Waals surface area (Å²) >= 11 is 6.23. The fourth-order valence-electron chi connectivity index (χ4n) is 3.86. The maximum atomic E-state index is 11.2. The van der Waals surface area contributed by atoms with E-state index >= 15 is 0 Å². The number of nitrogens with zero attached hydrogens (tertiary/aromatic N) is 4. The number of nitrogens with two attached hydrogens (primary N) is 1. The van der Waals surface area contributed by atoms with Gasteiger partial charge in [-0.25, -0.2) is 0 Å². The third-order valence-corrected chi connectivity index (χ3v) is 5.80. The van der Waals surface area contributed by atoms with Crippen LogP contribution in [-0.4, -0.2) is 39.3 Å². The molecule has 0 aliphatic carbocycles. The van der Waals surface area contributed by atoms with Gasteiger partial charge in [0.2, 0.25) is 12.2 Å². The Balaban J connectivity index is 1.81. The van der Waals surface area contributed by atoms with E-state index in [0.29, 0.717) is 24.0 Å². The van der Waals surface area contributed by atoms with Crippen molar-refractivity contribution in [1.82, 2.24) is 15.1 Å². The summed E-state index contributed by atoms with van der Waals surface area (Å²) in [7, 11) is 0.